The van der Waals surface area contributed by atoms with Crippen LogP contribution in [0, 0.1) is 5.82 Å². The number of carbonyl (C=O) groups is 2. The number of imidazole rings is 1. The molecule has 1 aliphatic heterocycles. The van der Waals surface area contributed by atoms with Crippen molar-refractivity contribution in [1.82, 2.24) is 15.0 Å². The average molecular weight is 419 g/mol. The third kappa shape index (κ3) is 4.05. The van der Waals surface area contributed by atoms with Gasteiger partial charge in [0.15, 0.2) is 0 Å². The Morgan fingerprint density at radius 3 is 2.71 bits per heavy atom. The third-order valence-corrected chi connectivity index (χ3v) is 5.86. The highest BCUT2D eigenvalue weighted by Crippen LogP contribution is 2.35. The first-order chi connectivity index (χ1) is 15.0. The van der Waals surface area contributed by atoms with Crippen LogP contribution < -0.4 is 5.32 Å². The first-order valence-electron chi connectivity index (χ1n) is 10.5. The first-order valence-corrected chi connectivity index (χ1v) is 10.5. The van der Waals surface area contributed by atoms with Crippen LogP contribution in [0.1, 0.15) is 49.4 Å². The minimum absolute atomic E-state index is 0.164. The van der Waals surface area contributed by atoms with Crippen LogP contribution in [0.15, 0.2) is 47.6 Å². The van der Waals surface area contributed by atoms with Crippen molar-refractivity contribution in [3.8, 4) is 0 Å². The van der Waals surface area contributed by atoms with E-state index in [1.54, 1.807) is 12.1 Å². The van der Waals surface area contributed by atoms with Gasteiger partial charge in [-0.15, -0.1) is 0 Å². The van der Waals surface area contributed by atoms with E-state index in [0.717, 1.165) is 35.3 Å². The molecule has 7 nitrogen and oxygen atoms in total. The highest BCUT2D eigenvalue weighted by atomic mass is 19.1. The fourth-order valence-electron chi connectivity index (χ4n) is 3.84. The molecule has 0 saturated heterocycles. The van der Waals surface area contributed by atoms with Crippen molar-refractivity contribution < 1.29 is 14.0 Å². The monoisotopic (exact) mass is 419 g/mol. The minimum atomic E-state index is -0.341. The zero-order valence-electron chi connectivity index (χ0n) is 16.9. The summed E-state index contributed by atoms with van der Waals surface area (Å²) in [4.78, 5) is 33.0. The number of aromatic nitrogens is 2. The molecule has 158 valence electrons. The van der Waals surface area contributed by atoms with Crippen molar-refractivity contribution in [2.45, 2.75) is 44.6 Å². The van der Waals surface area contributed by atoms with Gasteiger partial charge in [-0.3, -0.25) is 9.59 Å². The Morgan fingerprint density at radius 1 is 1.16 bits per heavy atom. The van der Waals surface area contributed by atoms with Gasteiger partial charge in [-0.1, -0.05) is 18.6 Å². The molecule has 2 aliphatic rings. The summed E-state index contributed by atoms with van der Waals surface area (Å²) in [6.07, 6.45) is 4.05. The topological polar surface area (TPSA) is 90.4 Å². The number of anilines is 1. The number of amides is 2. The largest absolute Gasteiger partial charge is 0.342 e. The molecule has 31 heavy (non-hydrogen) atoms. The Hall–Kier alpha value is -3.55. The Labute approximate surface area is 178 Å². The van der Waals surface area contributed by atoms with Crippen LogP contribution in [-0.4, -0.2) is 32.5 Å². The number of hydrogen-bond acceptors (Lipinski definition) is 4. The Morgan fingerprint density at radius 2 is 1.97 bits per heavy atom. The van der Waals surface area contributed by atoms with Gasteiger partial charge in [0.2, 0.25) is 5.91 Å². The maximum Gasteiger partial charge on any atom is 0.271 e. The smallest absolute Gasteiger partial charge is 0.271 e. The molecule has 1 aliphatic carbocycles. The van der Waals surface area contributed by atoms with E-state index in [1.807, 2.05) is 18.2 Å². The molecule has 1 fully saturated rings. The molecule has 5 rings (SSSR count). The number of fused-ring (bicyclic) bond motifs is 1. The molecule has 2 heterocycles. The fourth-order valence-corrected chi connectivity index (χ4v) is 3.84. The van der Waals surface area contributed by atoms with E-state index >= 15 is 0 Å². The number of nitrogens with zero attached hydrogens (tertiary/aromatic N) is 3. The summed E-state index contributed by atoms with van der Waals surface area (Å²) in [6, 6.07) is 11.4. The number of halogens is 1. The lowest BCUT2D eigenvalue weighted by Gasteiger charge is -2.23. The van der Waals surface area contributed by atoms with Crippen LogP contribution in [-0.2, 0) is 16.1 Å². The SMILES string of the molecule is O=C(Nc1ccc2nc(C3CCC3)[nH]c2c1)C1=NN(Cc2ccc(F)cc2)C(=O)CC1. The van der Waals surface area contributed by atoms with E-state index in [2.05, 4.69) is 20.4 Å². The Kier molecular flexibility index (Phi) is 4.97. The van der Waals surface area contributed by atoms with Gasteiger partial charge in [0, 0.05) is 24.4 Å². The summed E-state index contributed by atoms with van der Waals surface area (Å²) in [7, 11) is 0. The maximum absolute atomic E-state index is 13.1. The van der Waals surface area contributed by atoms with Crippen LogP contribution in [0.5, 0.6) is 0 Å². The number of benzene rings is 2. The summed E-state index contributed by atoms with van der Waals surface area (Å²) >= 11 is 0. The molecule has 0 radical (unpaired) electrons. The van der Waals surface area contributed by atoms with Gasteiger partial charge in [0.25, 0.3) is 5.91 Å². The van der Waals surface area contributed by atoms with Gasteiger partial charge in [-0.25, -0.2) is 14.4 Å². The van der Waals surface area contributed by atoms with Crippen molar-refractivity contribution in [2.75, 3.05) is 5.32 Å². The maximum atomic E-state index is 13.1. The fraction of sp³-hybridized carbons (Fsp3) is 0.304. The Balaban J connectivity index is 1.30. The Bertz CT molecular complexity index is 1180. The number of nitrogens with one attached hydrogen (secondary N) is 2. The molecule has 3 aromatic rings. The quantitative estimate of drug-likeness (QED) is 0.653. The molecule has 2 aromatic carbocycles. The summed E-state index contributed by atoms with van der Waals surface area (Å²) in [6.45, 7) is 0.194. The lowest BCUT2D eigenvalue weighted by molar-refractivity contribution is -0.132. The highest BCUT2D eigenvalue weighted by molar-refractivity contribution is 6.43. The summed E-state index contributed by atoms with van der Waals surface area (Å²) < 4.78 is 13.1. The number of aromatic amines is 1. The van der Waals surface area contributed by atoms with E-state index in [4.69, 9.17) is 0 Å². The van der Waals surface area contributed by atoms with E-state index in [-0.39, 0.29) is 37.0 Å². The van der Waals surface area contributed by atoms with Crippen molar-refractivity contribution >= 4 is 34.2 Å². The van der Waals surface area contributed by atoms with Crippen molar-refractivity contribution in [3.05, 3.63) is 59.7 Å². The van der Waals surface area contributed by atoms with E-state index in [1.165, 1.54) is 23.6 Å². The second-order valence-electron chi connectivity index (χ2n) is 8.06. The predicted octanol–water partition coefficient (Wildman–Crippen LogP) is 4.09. The molecule has 0 spiro atoms. The second-order valence-corrected chi connectivity index (χ2v) is 8.06. The summed E-state index contributed by atoms with van der Waals surface area (Å²) in [5, 5.41) is 8.40. The normalized spacial score (nSPS) is 16.9. The number of hydrazone groups is 1. The molecule has 2 N–H and O–H groups in total. The van der Waals surface area contributed by atoms with Crippen LogP contribution in [0.25, 0.3) is 11.0 Å². The minimum Gasteiger partial charge on any atom is -0.342 e. The van der Waals surface area contributed by atoms with Gasteiger partial charge in [-0.2, -0.15) is 5.10 Å². The number of rotatable bonds is 5. The zero-order valence-corrected chi connectivity index (χ0v) is 16.9. The number of hydrogen-bond donors (Lipinski definition) is 2. The standard InChI is InChI=1S/C23H22FN5O2/c24-16-6-4-14(5-7-16)13-29-21(30)11-10-19(28-29)23(31)25-17-8-9-18-20(12-17)27-22(26-18)15-2-1-3-15/h4-9,12,15H,1-3,10-11,13H2,(H,25,31)(H,26,27). The number of H-pyrrole nitrogens is 1. The van der Waals surface area contributed by atoms with Crippen LogP contribution in [0.3, 0.4) is 0 Å². The van der Waals surface area contributed by atoms with Crippen LogP contribution in [0.2, 0.25) is 0 Å². The second kappa shape index (κ2) is 7.94. The molecule has 1 saturated carbocycles. The molecule has 0 bridgehead atoms. The van der Waals surface area contributed by atoms with E-state index in [0.29, 0.717) is 17.3 Å². The van der Waals surface area contributed by atoms with E-state index < -0.39 is 0 Å². The predicted molar refractivity (Wildman–Crippen MR) is 115 cm³/mol. The van der Waals surface area contributed by atoms with Gasteiger partial charge in [0.05, 0.1) is 17.6 Å². The molecule has 0 atom stereocenters. The molecular weight excluding hydrogens is 397 g/mol. The summed E-state index contributed by atoms with van der Waals surface area (Å²) in [5.41, 5.74) is 3.45. The molecular formula is C23H22FN5O2. The van der Waals surface area contributed by atoms with Crippen molar-refractivity contribution in [1.29, 1.82) is 0 Å². The molecule has 2 amide bonds. The molecule has 0 unspecified atom stereocenters. The van der Waals surface area contributed by atoms with E-state index in [9.17, 15) is 14.0 Å². The van der Waals surface area contributed by atoms with Gasteiger partial charge < -0.3 is 10.3 Å². The van der Waals surface area contributed by atoms with Gasteiger partial charge in [-0.05, 0) is 48.7 Å². The number of carbonyl (C=O) groups excluding carboxylic acids is 2. The van der Waals surface area contributed by atoms with Gasteiger partial charge in [0.1, 0.15) is 17.4 Å². The highest BCUT2D eigenvalue weighted by Gasteiger charge is 2.25. The van der Waals surface area contributed by atoms with Gasteiger partial charge >= 0.3 is 0 Å². The summed E-state index contributed by atoms with van der Waals surface area (Å²) in [5.74, 6) is 0.673. The van der Waals surface area contributed by atoms with Crippen LogP contribution in [0.4, 0.5) is 10.1 Å². The van der Waals surface area contributed by atoms with Crippen molar-refractivity contribution in [3.63, 3.8) is 0 Å². The molecule has 8 heteroatoms. The van der Waals surface area contributed by atoms with Crippen LogP contribution >= 0.6 is 0 Å². The lowest BCUT2D eigenvalue weighted by atomic mass is 9.85. The average Bonchev–Trinajstić information content (AvgIpc) is 3.12. The zero-order chi connectivity index (χ0) is 21.4. The first kappa shape index (κ1) is 19.4. The van der Waals surface area contributed by atoms with Crippen molar-refractivity contribution in [2.24, 2.45) is 5.10 Å². The lowest BCUT2D eigenvalue weighted by Crippen LogP contribution is -2.36. The third-order valence-electron chi connectivity index (χ3n) is 5.86. The molecule has 1 aromatic heterocycles.